The third kappa shape index (κ3) is 3.18. The first-order chi connectivity index (χ1) is 12.2. The average Bonchev–Trinajstić information content (AvgIpc) is 2.94. The van der Waals surface area contributed by atoms with Crippen molar-refractivity contribution in [2.24, 2.45) is 0 Å². The number of ether oxygens (including phenoxy) is 2. The molecule has 0 fully saturated rings. The maximum absolute atomic E-state index is 13.5. The number of alkyl halides is 3. The summed E-state index contributed by atoms with van der Waals surface area (Å²) in [6, 6.07) is 8.67. The largest absolute Gasteiger partial charge is 0.492 e. The van der Waals surface area contributed by atoms with Crippen molar-refractivity contribution in [2.45, 2.75) is 12.1 Å². The summed E-state index contributed by atoms with van der Waals surface area (Å²) in [6.45, 7) is 0. The molecule has 1 heterocycles. The lowest BCUT2D eigenvalue weighted by molar-refractivity contribution is -0.384. The number of rotatable bonds is 3. The summed E-state index contributed by atoms with van der Waals surface area (Å²) >= 11 is 0. The fourth-order valence-electron chi connectivity index (χ4n) is 2.17. The minimum absolute atomic E-state index is 0.0425. The summed E-state index contributed by atoms with van der Waals surface area (Å²) in [5.41, 5.74) is -0.193. The first kappa shape index (κ1) is 17.3. The molecule has 0 atom stereocenters. The number of halogens is 3. The van der Waals surface area contributed by atoms with Crippen LogP contribution in [0.3, 0.4) is 0 Å². The Bertz CT molecular complexity index is 829. The number of nitro benzene ring substituents is 1. The molecule has 3 rings (SSSR count). The Morgan fingerprint density at radius 1 is 1.04 bits per heavy atom. The molecule has 0 radical (unpaired) electrons. The monoisotopic (exact) mass is 369 g/mol. The molecule has 8 nitrogen and oxygen atoms in total. The fraction of sp³-hybridized carbons (Fsp3) is 0.133. The van der Waals surface area contributed by atoms with E-state index in [1.807, 2.05) is 0 Å². The number of para-hydroxylation sites is 2. The Kier molecular flexibility index (Phi) is 4.06. The zero-order chi connectivity index (χ0) is 18.9. The zero-order valence-electron chi connectivity index (χ0n) is 12.7. The van der Waals surface area contributed by atoms with Crippen LogP contribution in [-0.2, 0) is 0 Å². The number of nitrogens with one attached hydrogen (secondary N) is 2. The second-order valence-electron chi connectivity index (χ2n) is 5.15. The second-order valence-corrected chi connectivity index (χ2v) is 5.15. The number of anilines is 1. The van der Waals surface area contributed by atoms with Crippen LogP contribution in [0.25, 0.3) is 0 Å². The number of carbonyl (C=O) groups excluding carboxylic acids is 1. The molecule has 0 bridgehead atoms. The summed E-state index contributed by atoms with van der Waals surface area (Å²) in [5.74, 6) is -3.75. The van der Waals surface area contributed by atoms with Gasteiger partial charge in [-0.3, -0.25) is 15.4 Å². The van der Waals surface area contributed by atoms with E-state index in [0.717, 1.165) is 12.1 Å². The van der Waals surface area contributed by atoms with E-state index in [2.05, 4.69) is 5.32 Å². The van der Waals surface area contributed by atoms with Crippen LogP contribution in [0.1, 0.15) is 0 Å². The Morgan fingerprint density at radius 3 is 2.04 bits per heavy atom. The summed E-state index contributed by atoms with van der Waals surface area (Å²) in [5, 5.41) is 14.3. The first-order valence-electron chi connectivity index (χ1n) is 7.08. The Balaban J connectivity index is 1.76. The molecular formula is C15H10F3N3O5. The van der Waals surface area contributed by atoms with Gasteiger partial charge in [0.05, 0.1) is 4.92 Å². The number of fused-ring (bicyclic) bond motifs is 1. The van der Waals surface area contributed by atoms with E-state index in [-0.39, 0.29) is 22.9 Å². The molecule has 1 aliphatic heterocycles. The lowest BCUT2D eigenvalue weighted by atomic mass is 10.3. The van der Waals surface area contributed by atoms with Gasteiger partial charge in [-0.2, -0.15) is 13.2 Å². The van der Waals surface area contributed by atoms with E-state index in [4.69, 9.17) is 9.47 Å². The van der Waals surface area contributed by atoms with Gasteiger partial charge in [0.1, 0.15) is 0 Å². The van der Waals surface area contributed by atoms with E-state index in [1.54, 1.807) is 5.32 Å². The number of benzene rings is 2. The van der Waals surface area contributed by atoms with Gasteiger partial charge in [-0.1, -0.05) is 12.1 Å². The average molecular weight is 369 g/mol. The molecule has 0 saturated carbocycles. The first-order valence-corrected chi connectivity index (χ1v) is 7.08. The third-order valence-electron chi connectivity index (χ3n) is 3.34. The molecule has 2 aromatic rings. The van der Waals surface area contributed by atoms with Crippen LogP contribution < -0.4 is 20.1 Å². The van der Waals surface area contributed by atoms with Crippen LogP contribution in [0.4, 0.5) is 29.3 Å². The van der Waals surface area contributed by atoms with Gasteiger partial charge in [0.25, 0.3) is 5.69 Å². The number of amides is 2. The normalized spacial score (nSPS) is 14.6. The van der Waals surface area contributed by atoms with Crippen molar-refractivity contribution in [2.75, 3.05) is 5.32 Å². The van der Waals surface area contributed by atoms with E-state index >= 15 is 0 Å². The molecule has 0 aliphatic carbocycles. The fourth-order valence-corrected chi connectivity index (χ4v) is 2.17. The summed E-state index contributed by atoms with van der Waals surface area (Å²) in [7, 11) is 0. The van der Waals surface area contributed by atoms with Crippen molar-refractivity contribution in [1.29, 1.82) is 0 Å². The standard InChI is InChI=1S/C15H10F3N3O5/c16-14(17,18)15(25-11-3-1-2-4-12(11)26-15)20-13(22)19-9-5-7-10(8-6-9)21(23)24/h1-8H,(H2,19,20,22). The lowest BCUT2D eigenvalue weighted by Gasteiger charge is -2.29. The predicted octanol–water partition coefficient (Wildman–Crippen LogP) is 3.40. The second kappa shape index (κ2) is 6.10. The summed E-state index contributed by atoms with van der Waals surface area (Å²) in [6.07, 6.45) is -5.08. The summed E-state index contributed by atoms with van der Waals surface area (Å²) < 4.78 is 50.0. The molecular weight excluding hydrogens is 359 g/mol. The molecule has 2 amide bonds. The van der Waals surface area contributed by atoms with Gasteiger partial charge in [0, 0.05) is 17.8 Å². The molecule has 2 N–H and O–H groups in total. The quantitative estimate of drug-likeness (QED) is 0.638. The maximum Gasteiger partial charge on any atom is 0.492 e. The Hall–Kier alpha value is -3.50. The summed E-state index contributed by atoms with van der Waals surface area (Å²) in [4.78, 5) is 21.9. The molecule has 2 aromatic carbocycles. The smallest absolute Gasteiger partial charge is 0.424 e. The molecule has 26 heavy (non-hydrogen) atoms. The van der Waals surface area contributed by atoms with Gasteiger partial charge in [0.2, 0.25) is 0 Å². The number of urea groups is 1. The molecule has 0 spiro atoms. The van der Waals surface area contributed by atoms with Gasteiger partial charge in [-0.25, -0.2) is 4.79 Å². The minimum Gasteiger partial charge on any atom is -0.424 e. The predicted molar refractivity (Wildman–Crippen MR) is 81.7 cm³/mol. The molecule has 0 aromatic heterocycles. The van der Waals surface area contributed by atoms with E-state index in [1.165, 1.54) is 36.4 Å². The number of hydrogen-bond acceptors (Lipinski definition) is 5. The maximum atomic E-state index is 13.5. The van der Waals surface area contributed by atoms with Crippen molar-refractivity contribution in [3.05, 3.63) is 58.6 Å². The van der Waals surface area contributed by atoms with Crippen molar-refractivity contribution in [3.8, 4) is 11.5 Å². The molecule has 0 unspecified atom stereocenters. The van der Waals surface area contributed by atoms with E-state index < -0.39 is 23.0 Å². The van der Waals surface area contributed by atoms with Crippen LogP contribution in [0.15, 0.2) is 48.5 Å². The van der Waals surface area contributed by atoms with Gasteiger partial charge in [-0.15, -0.1) is 0 Å². The number of carbonyl (C=O) groups is 1. The van der Waals surface area contributed by atoms with Crippen LogP contribution in [0.5, 0.6) is 11.5 Å². The van der Waals surface area contributed by atoms with Crippen LogP contribution in [-0.4, -0.2) is 23.0 Å². The van der Waals surface area contributed by atoms with Gasteiger partial charge in [-0.05, 0) is 24.3 Å². The Morgan fingerprint density at radius 2 is 1.58 bits per heavy atom. The SMILES string of the molecule is O=C(Nc1ccc([N+](=O)[O-])cc1)NC1(C(F)(F)F)Oc2ccccc2O1. The topological polar surface area (TPSA) is 103 Å². The highest BCUT2D eigenvalue weighted by Crippen LogP contribution is 2.44. The highest BCUT2D eigenvalue weighted by atomic mass is 19.4. The van der Waals surface area contributed by atoms with E-state index in [0.29, 0.717) is 0 Å². The van der Waals surface area contributed by atoms with Gasteiger partial charge in [0.15, 0.2) is 11.5 Å². The highest BCUT2D eigenvalue weighted by molar-refractivity contribution is 5.89. The van der Waals surface area contributed by atoms with Crippen molar-refractivity contribution >= 4 is 17.4 Å². The van der Waals surface area contributed by atoms with Gasteiger partial charge < -0.3 is 14.8 Å². The number of nitro groups is 1. The molecule has 136 valence electrons. The number of non-ortho nitro benzene ring substituents is 1. The highest BCUT2D eigenvalue weighted by Gasteiger charge is 2.65. The van der Waals surface area contributed by atoms with Crippen LogP contribution >= 0.6 is 0 Å². The van der Waals surface area contributed by atoms with Crippen LogP contribution in [0.2, 0.25) is 0 Å². The van der Waals surface area contributed by atoms with Crippen molar-refractivity contribution in [1.82, 2.24) is 5.32 Å². The minimum atomic E-state index is -5.08. The van der Waals surface area contributed by atoms with Crippen molar-refractivity contribution < 1.29 is 32.4 Å². The molecule has 0 saturated heterocycles. The van der Waals surface area contributed by atoms with Crippen LogP contribution in [0, 0.1) is 10.1 Å². The van der Waals surface area contributed by atoms with E-state index in [9.17, 15) is 28.1 Å². The molecule has 11 heteroatoms. The third-order valence-corrected chi connectivity index (χ3v) is 3.34. The number of nitrogens with zero attached hydrogens (tertiary/aromatic N) is 1. The zero-order valence-corrected chi connectivity index (χ0v) is 12.7. The van der Waals surface area contributed by atoms with Crippen molar-refractivity contribution in [3.63, 3.8) is 0 Å². The van der Waals surface area contributed by atoms with Gasteiger partial charge >= 0.3 is 18.1 Å². The number of hydrogen-bond donors (Lipinski definition) is 2. The lowest BCUT2D eigenvalue weighted by Crippen LogP contribution is -2.65. The molecule has 1 aliphatic rings. The Labute approximate surface area is 143 Å².